The molecule has 2 aliphatic heterocycles. The lowest BCUT2D eigenvalue weighted by molar-refractivity contribution is -0.626. The van der Waals surface area contributed by atoms with E-state index in [2.05, 4.69) is 80.6 Å². The summed E-state index contributed by atoms with van der Waals surface area (Å²) < 4.78 is 12.9. The standard InChI is InChI=1S/C22H36O4Si/c1-18(2,3)22-20(7,8)15-23-21(22,25-26-22)16-12-11-13-17(14-16)24-27(9,10)19(4,5)6/h11-14H,15H2,1-10H3/t21-,22-/m0/s1. The van der Waals surface area contributed by atoms with Crippen LogP contribution >= 0.6 is 0 Å². The van der Waals surface area contributed by atoms with Crippen molar-refractivity contribution in [3.63, 3.8) is 0 Å². The minimum atomic E-state index is -1.93. The van der Waals surface area contributed by atoms with E-state index in [0.29, 0.717) is 6.61 Å². The Balaban J connectivity index is 2.03. The van der Waals surface area contributed by atoms with Crippen LogP contribution in [0, 0.1) is 10.8 Å². The predicted octanol–water partition coefficient (Wildman–Crippen LogP) is 6.03. The van der Waals surface area contributed by atoms with E-state index in [-0.39, 0.29) is 15.9 Å². The highest BCUT2D eigenvalue weighted by Gasteiger charge is 2.81. The van der Waals surface area contributed by atoms with Crippen LogP contribution in [-0.2, 0) is 20.3 Å². The first-order chi connectivity index (χ1) is 12.1. The lowest BCUT2D eigenvalue weighted by atomic mass is 9.57. The van der Waals surface area contributed by atoms with E-state index in [4.69, 9.17) is 18.9 Å². The number of benzene rings is 1. The molecule has 4 nitrogen and oxygen atoms in total. The van der Waals surface area contributed by atoms with Crippen molar-refractivity contribution in [1.82, 2.24) is 0 Å². The summed E-state index contributed by atoms with van der Waals surface area (Å²) in [7, 11) is -1.93. The summed E-state index contributed by atoms with van der Waals surface area (Å²) in [5.41, 5.74) is 0.0506. The topological polar surface area (TPSA) is 36.9 Å². The zero-order valence-corrected chi connectivity index (χ0v) is 19.6. The van der Waals surface area contributed by atoms with Crippen molar-refractivity contribution < 1.29 is 18.9 Å². The molecule has 2 fully saturated rings. The van der Waals surface area contributed by atoms with E-state index in [9.17, 15) is 0 Å². The second kappa shape index (κ2) is 5.82. The smallest absolute Gasteiger partial charge is 0.261 e. The van der Waals surface area contributed by atoms with E-state index in [0.717, 1.165) is 11.3 Å². The van der Waals surface area contributed by atoms with Crippen molar-refractivity contribution >= 4 is 8.32 Å². The third-order valence-corrected chi connectivity index (χ3v) is 11.1. The van der Waals surface area contributed by atoms with Crippen molar-refractivity contribution in [1.29, 1.82) is 0 Å². The Labute approximate surface area is 165 Å². The summed E-state index contributed by atoms with van der Waals surface area (Å²) in [5, 5.41) is 0.137. The van der Waals surface area contributed by atoms with Crippen molar-refractivity contribution in [2.75, 3.05) is 6.61 Å². The molecule has 0 bridgehead atoms. The molecule has 152 valence electrons. The molecule has 0 unspecified atom stereocenters. The van der Waals surface area contributed by atoms with Gasteiger partial charge < -0.3 is 9.16 Å². The summed E-state index contributed by atoms with van der Waals surface area (Å²) in [6, 6.07) is 8.18. The van der Waals surface area contributed by atoms with Gasteiger partial charge in [0.05, 0.1) is 6.61 Å². The van der Waals surface area contributed by atoms with Crippen molar-refractivity contribution in [3.05, 3.63) is 29.8 Å². The van der Waals surface area contributed by atoms with E-state index >= 15 is 0 Å². The molecule has 0 aliphatic carbocycles. The first-order valence-electron chi connectivity index (χ1n) is 9.90. The van der Waals surface area contributed by atoms with Gasteiger partial charge in [0.25, 0.3) is 5.79 Å². The van der Waals surface area contributed by atoms with Crippen LogP contribution in [0.25, 0.3) is 0 Å². The van der Waals surface area contributed by atoms with E-state index < -0.39 is 19.7 Å². The minimum Gasteiger partial charge on any atom is -0.543 e. The van der Waals surface area contributed by atoms with Crippen LogP contribution in [0.4, 0.5) is 0 Å². The average Bonchev–Trinajstić information content (AvgIpc) is 2.59. The van der Waals surface area contributed by atoms with Crippen LogP contribution in [0.2, 0.25) is 18.1 Å². The molecule has 0 N–H and O–H groups in total. The highest BCUT2D eigenvalue weighted by molar-refractivity contribution is 6.74. The number of ether oxygens (including phenoxy) is 1. The Morgan fingerprint density at radius 1 is 1.00 bits per heavy atom. The summed E-state index contributed by atoms with van der Waals surface area (Å²) in [6.07, 6.45) is 0. The molecule has 0 aromatic heterocycles. The van der Waals surface area contributed by atoms with Gasteiger partial charge >= 0.3 is 0 Å². The maximum Gasteiger partial charge on any atom is 0.261 e. The lowest BCUT2D eigenvalue weighted by Gasteiger charge is -2.61. The minimum absolute atomic E-state index is 0.137. The zero-order chi connectivity index (χ0) is 20.5. The second-order valence-corrected chi connectivity index (χ2v) is 16.0. The molecule has 27 heavy (non-hydrogen) atoms. The van der Waals surface area contributed by atoms with Gasteiger partial charge in [0.15, 0.2) is 5.60 Å². The Hall–Kier alpha value is -0.883. The summed E-state index contributed by atoms with van der Waals surface area (Å²) in [5.74, 6) is -0.0262. The lowest BCUT2D eigenvalue weighted by Crippen LogP contribution is -2.73. The van der Waals surface area contributed by atoms with Crippen molar-refractivity contribution in [2.45, 2.75) is 84.9 Å². The first kappa shape index (κ1) is 20.8. The fourth-order valence-corrected chi connectivity index (χ4v) is 5.47. The maximum absolute atomic E-state index is 6.53. The van der Waals surface area contributed by atoms with Gasteiger partial charge in [-0.3, -0.25) is 0 Å². The number of fused-ring (bicyclic) bond motifs is 1. The zero-order valence-electron chi connectivity index (χ0n) is 18.6. The summed E-state index contributed by atoms with van der Waals surface area (Å²) in [6.45, 7) is 22.8. The van der Waals surface area contributed by atoms with E-state index in [1.807, 2.05) is 12.1 Å². The molecule has 2 aliphatic rings. The number of hydrogen-bond donors (Lipinski definition) is 0. The van der Waals surface area contributed by atoms with Gasteiger partial charge in [0, 0.05) is 16.4 Å². The molecule has 0 radical (unpaired) electrons. The summed E-state index contributed by atoms with van der Waals surface area (Å²) >= 11 is 0. The first-order valence-corrected chi connectivity index (χ1v) is 12.8. The van der Waals surface area contributed by atoms with E-state index in [1.54, 1.807) is 0 Å². The van der Waals surface area contributed by atoms with Crippen LogP contribution in [0.15, 0.2) is 24.3 Å². The van der Waals surface area contributed by atoms with Crippen LogP contribution in [0.1, 0.15) is 61.0 Å². The van der Waals surface area contributed by atoms with Gasteiger partial charge in [0.1, 0.15) is 5.75 Å². The Bertz CT molecular complexity index is 729. The molecule has 1 aromatic carbocycles. The van der Waals surface area contributed by atoms with Gasteiger partial charge in [-0.05, 0) is 30.3 Å². The van der Waals surface area contributed by atoms with Crippen LogP contribution in [-0.4, -0.2) is 20.5 Å². The van der Waals surface area contributed by atoms with Crippen molar-refractivity contribution in [3.8, 4) is 5.75 Å². The van der Waals surface area contributed by atoms with Gasteiger partial charge in [0.2, 0.25) is 8.32 Å². The average molecular weight is 393 g/mol. The van der Waals surface area contributed by atoms with Gasteiger partial charge in [-0.2, -0.15) is 4.89 Å². The highest BCUT2D eigenvalue weighted by Crippen LogP contribution is 2.69. The maximum atomic E-state index is 6.53. The molecule has 0 spiro atoms. The molecule has 2 saturated heterocycles. The fraction of sp³-hybridized carbons (Fsp3) is 0.727. The fourth-order valence-electron chi connectivity index (χ4n) is 4.45. The Morgan fingerprint density at radius 2 is 1.63 bits per heavy atom. The third kappa shape index (κ3) is 2.73. The monoisotopic (exact) mass is 392 g/mol. The summed E-state index contributed by atoms with van der Waals surface area (Å²) in [4.78, 5) is 11.7. The van der Waals surface area contributed by atoms with Crippen LogP contribution in [0.3, 0.4) is 0 Å². The Kier molecular flexibility index (Phi) is 4.49. The predicted molar refractivity (Wildman–Crippen MR) is 110 cm³/mol. The van der Waals surface area contributed by atoms with Gasteiger partial charge in [-0.25, -0.2) is 4.89 Å². The van der Waals surface area contributed by atoms with Crippen LogP contribution in [0.5, 0.6) is 5.75 Å². The molecule has 1 aromatic rings. The molecule has 5 heteroatoms. The molecule has 3 rings (SSSR count). The highest BCUT2D eigenvalue weighted by atomic mass is 28.4. The van der Waals surface area contributed by atoms with E-state index in [1.165, 1.54) is 0 Å². The van der Waals surface area contributed by atoms with Gasteiger partial charge in [-0.15, -0.1) is 0 Å². The molecule has 2 heterocycles. The molecule has 0 saturated carbocycles. The number of rotatable bonds is 3. The quantitative estimate of drug-likeness (QED) is 0.465. The SMILES string of the molecule is CC(C)(C)[C@@]12OO[C@]1(c1cccc(O[Si](C)(C)C(C)(C)C)c1)OCC2(C)C. The normalized spacial score (nSPS) is 30.6. The molecule has 2 atom stereocenters. The second-order valence-electron chi connectivity index (χ2n) is 11.3. The molecular formula is C22H36O4Si. The molecule has 0 amide bonds. The van der Waals surface area contributed by atoms with Crippen LogP contribution < -0.4 is 4.43 Å². The number of hydrogen-bond acceptors (Lipinski definition) is 4. The van der Waals surface area contributed by atoms with Crippen molar-refractivity contribution in [2.24, 2.45) is 10.8 Å². The Morgan fingerprint density at radius 3 is 2.11 bits per heavy atom. The largest absolute Gasteiger partial charge is 0.543 e. The third-order valence-electron chi connectivity index (χ3n) is 6.79. The van der Waals surface area contributed by atoms with Gasteiger partial charge in [-0.1, -0.05) is 67.5 Å². The molecular weight excluding hydrogens is 356 g/mol.